The molecule has 0 spiro atoms. The molecular weight excluding hydrogens is 576 g/mol. The van der Waals surface area contributed by atoms with Crippen LogP contribution in [0.25, 0.3) is 28.7 Å². The molecular formula is C25H21Cl2F3N6O4. The predicted molar refractivity (Wildman–Crippen MR) is 137 cm³/mol. The molecule has 210 valence electrons. The summed E-state index contributed by atoms with van der Waals surface area (Å²) in [6, 6.07) is 7.74. The van der Waals surface area contributed by atoms with Gasteiger partial charge in [-0.05, 0) is 31.0 Å². The number of hydrogen-bond donors (Lipinski definition) is 2. The van der Waals surface area contributed by atoms with Crippen molar-refractivity contribution in [1.82, 2.24) is 29.8 Å². The maximum Gasteiger partial charge on any atom is 0.434 e. The quantitative estimate of drug-likeness (QED) is 0.298. The molecule has 15 heteroatoms. The van der Waals surface area contributed by atoms with E-state index in [1.165, 1.54) is 6.07 Å². The Bertz CT molecular complexity index is 1530. The summed E-state index contributed by atoms with van der Waals surface area (Å²) in [7, 11) is 0. The number of hydrogen-bond acceptors (Lipinski definition) is 8. The van der Waals surface area contributed by atoms with Crippen LogP contribution in [0.1, 0.15) is 30.2 Å². The minimum Gasteiger partial charge on any atom is -0.481 e. The molecule has 40 heavy (non-hydrogen) atoms. The van der Waals surface area contributed by atoms with Gasteiger partial charge in [-0.1, -0.05) is 52.6 Å². The fourth-order valence-corrected chi connectivity index (χ4v) is 5.04. The molecule has 10 nitrogen and oxygen atoms in total. The molecule has 2 atom stereocenters. The van der Waals surface area contributed by atoms with Crippen molar-refractivity contribution in [2.75, 3.05) is 19.6 Å². The van der Waals surface area contributed by atoms with E-state index in [1.807, 2.05) is 4.90 Å². The number of likely N-dealkylation sites (tertiary alicyclic amines) is 1. The zero-order valence-corrected chi connectivity index (χ0v) is 22.0. The smallest absolute Gasteiger partial charge is 0.434 e. The van der Waals surface area contributed by atoms with Gasteiger partial charge in [-0.3, -0.25) is 9.69 Å². The molecule has 1 aromatic carbocycles. The SMILES string of the molecule is O=C(O)[C@H]1CCCN(C[C@H](O)c2ccc(-c3noc(-c4cnn(-c5ncc(Cl)cc5Cl)c4C(F)(F)F)n3)cc2)C1. The van der Waals surface area contributed by atoms with E-state index < -0.39 is 41.3 Å². The monoisotopic (exact) mass is 596 g/mol. The lowest BCUT2D eigenvalue weighted by atomic mass is 9.97. The van der Waals surface area contributed by atoms with E-state index >= 15 is 0 Å². The van der Waals surface area contributed by atoms with E-state index in [0.717, 1.165) is 18.8 Å². The number of aromatic nitrogens is 5. The van der Waals surface area contributed by atoms with Crippen LogP contribution in [0.3, 0.4) is 0 Å². The van der Waals surface area contributed by atoms with Gasteiger partial charge in [0, 0.05) is 24.8 Å². The van der Waals surface area contributed by atoms with Crippen LogP contribution in [0, 0.1) is 5.92 Å². The maximum absolute atomic E-state index is 14.1. The lowest BCUT2D eigenvalue weighted by Gasteiger charge is -2.32. The van der Waals surface area contributed by atoms with Gasteiger partial charge >= 0.3 is 12.1 Å². The number of β-amino-alcohol motifs (C(OH)–C–C–N with tert-alkyl or cyclic N) is 1. The number of benzene rings is 1. The minimum absolute atomic E-state index is 0.0277. The van der Waals surface area contributed by atoms with Crippen LogP contribution in [0.5, 0.6) is 0 Å². The summed E-state index contributed by atoms with van der Waals surface area (Å²) in [5, 5.41) is 27.6. The van der Waals surface area contributed by atoms with Crippen molar-refractivity contribution in [1.29, 1.82) is 0 Å². The first-order valence-corrected chi connectivity index (χ1v) is 12.8. The zero-order chi connectivity index (χ0) is 28.6. The van der Waals surface area contributed by atoms with Crippen LogP contribution in [0.4, 0.5) is 13.2 Å². The van der Waals surface area contributed by atoms with Crippen molar-refractivity contribution in [2.24, 2.45) is 5.92 Å². The lowest BCUT2D eigenvalue weighted by Crippen LogP contribution is -2.40. The largest absolute Gasteiger partial charge is 0.481 e. The average Bonchev–Trinajstić information content (AvgIpc) is 3.57. The molecule has 1 aliphatic heterocycles. The number of aliphatic carboxylic acids is 1. The highest BCUT2D eigenvalue weighted by Gasteiger charge is 2.41. The van der Waals surface area contributed by atoms with Crippen LogP contribution in [-0.2, 0) is 11.0 Å². The van der Waals surface area contributed by atoms with Crippen LogP contribution in [-0.4, -0.2) is 65.6 Å². The maximum atomic E-state index is 14.1. The highest BCUT2D eigenvalue weighted by Crippen LogP contribution is 2.39. The van der Waals surface area contributed by atoms with Crippen molar-refractivity contribution in [3.8, 4) is 28.7 Å². The molecule has 2 N–H and O–H groups in total. The second-order valence-corrected chi connectivity index (χ2v) is 10.1. The van der Waals surface area contributed by atoms with Gasteiger partial charge in [-0.15, -0.1) is 0 Å². The summed E-state index contributed by atoms with van der Waals surface area (Å²) in [4.78, 5) is 21.2. The first kappa shape index (κ1) is 28.0. The molecule has 0 unspecified atom stereocenters. The van der Waals surface area contributed by atoms with Crippen molar-refractivity contribution in [3.63, 3.8) is 0 Å². The number of carboxylic acids is 1. The summed E-state index contributed by atoms with van der Waals surface area (Å²) in [6.45, 7) is 1.33. The lowest BCUT2D eigenvalue weighted by molar-refractivity contribution is -0.144. The summed E-state index contributed by atoms with van der Waals surface area (Å²) in [6.07, 6.45) is -2.31. The van der Waals surface area contributed by atoms with Gasteiger partial charge in [0.25, 0.3) is 5.89 Å². The molecule has 0 aliphatic carbocycles. The van der Waals surface area contributed by atoms with E-state index in [0.29, 0.717) is 35.3 Å². The minimum atomic E-state index is -4.87. The third-order valence-electron chi connectivity index (χ3n) is 6.52. The zero-order valence-electron chi connectivity index (χ0n) is 20.5. The van der Waals surface area contributed by atoms with Gasteiger partial charge in [0.2, 0.25) is 5.82 Å². The van der Waals surface area contributed by atoms with Crippen LogP contribution >= 0.6 is 23.2 Å². The normalized spacial score (nSPS) is 17.2. The fraction of sp³-hybridized carbons (Fsp3) is 0.320. The Morgan fingerprint density at radius 2 is 1.95 bits per heavy atom. The van der Waals surface area contributed by atoms with Gasteiger partial charge in [0.05, 0.1) is 33.8 Å². The molecule has 3 aromatic heterocycles. The molecule has 1 saturated heterocycles. The standard InChI is InChI=1S/C25H21Cl2F3N6O4/c26-16-8-18(27)22(31-9-16)36-20(25(28,29)30)17(10-32-36)23-33-21(34-40-23)14-5-3-13(4-6-14)19(37)12-35-7-1-2-15(11-35)24(38)39/h3-6,8-10,15,19,37H,1-2,7,11-12H2,(H,38,39)/t15-,19-/m0/s1. The Morgan fingerprint density at radius 3 is 2.62 bits per heavy atom. The summed E-state index contributed by atoms with van der Waals surface area (Å²) in [5.74, 6) is -1.97. The predicted octanol–water partition coefficient (Wildman–Crippen LogP) is 5.14. The average molecular weight is 597 g/mol. The number of pyridine rings is 1. The molecule has 4 heterocycles. The van der Waals surface area contributed by atoms with Gasteiger partial charge in [0.15, 0.2) is 11.5 Å². The van der Waals surface area contributed by atoms with Crippen molar-refractivity contribution >= 4 is 29.2 Å². The number of halogens is 5. The molecule has 1 aliphatic rings. The Balaban J connectivity index is 1.36. The third kappa shape index (κ3) is 5.82. The number of rotatable bonds is 7. The van der Waals surface area contributed by atoms with Gasteiger partial charge in [0.1, 0.15) is 0 Å². The Morgan fingerprint density at radius 1 is 1.20 bits per heavy atom. The van der Waals surface area contributed by atoms with E-state index in [9.17, 15) is 28.2 Å². The van der Waals surface area contributed by atoms with E-state index in [-0.39, 0.29) is 28.2 Å². The van der Waals surface area contributed by atoms with Gasteiger partial charge < -0.3 is 14.7 Å². The molecule has 4 aromatic rings. The molecule has 0 amide bonds. The molecule has 0 bridgehead atoms. The molecule has 0 saturated carbocycles. The summed E-state index contributed by atoms with van der Waals surface area (Å²) < 4.78 is 48.0. The van der Waals surface area contributed by atoms with Gasteiger partial charge in [-0.2, -0.15) is 23.3 Å². The Labute approximate surface area is 235 Å². The second kappa shape index (κ2) is 11.2. The number of aliphatic hydroxyl groups is 1. The van der Waals surface area contributed by atoms with E-state index in [4.69, 9.17) is 27.7 Å². The van der Waals surface area contributed by atoms with Crippen LogP contribution < -0.4 is 0 Å². The number of carboxylic acid groups (broad SMARTS) is 1. The Hall–Kier alpha value is -3.52. The highest BCUT2D eigenvalue weighted by molar-refractivity contribution is 6.35. The van der Waals surface area contributed by atoms with Crippen molar-refractivity contribution < 1.29 is 32.7 Å². The first-order chi connectivity index (χ1) is 19.0. The molecule has 5 rings (SSSR count). The van der Waals surface area contributed by atoms with Crippen molar-refractivity contribution in [2.45, 2.75) is 25.1 Å². The van der Waals surface area contributed by atoms with Crippen LogP contribution in [0.15, 0.2) is 47.2 Å². The topological polar surface area (TPSA) is 130 Å². The fourth-order valence-electron chi connectivity index (χ4n) is 4.58. The molecule has 1 fully saturated rings. The van der Waals surface area contributed by atoms with Crippen LogP contribution in [0.2, 0.25) is 10.0 Å². The first-order valence-electron chi connectivity index (χ1n) is 12.1. The summed E-state index contributed by atoms with van der Waals surface area (Å²) >= 11 is 11.9. The number of nitrogens with zero attached hydrogens (tertiary/aromatic N) is 6. The Kier molecular flexibility index (Phi) is 7.82. The number of piperidine rings is 1. The highest BCUT2D eigenvalue weighted by atomic mass is 35.5. The van der Waals surface area contributed by atoms with Gasteiger partial charge in [-0.25, -0.2) is 9.67 Å². The molecule has 0 radical (unpaired) electrons. The number of alkyl halides is 3. The number of aliphatic hydroxyl groups excluding tert-OH is 1. The second-order valence-electron chi connectivity index (χ2n) is 9.27. The third-order valence-corrected chi connectivity index (χ3v) is 7.01. The van der Waals surface area contributed by atoms with E-state index in [1.54, 1.807) is 24.3 Å². The van der Waals surface area contributed by atoms with Crippen molar-refractivity contribution in [3.05, 3.63) is 64.0 Å². The van der Waals surface area contributed by atoms with E-state index in [2.05, 4.69) is 20.2 Å². The number of carbonyl (C=O) groups is 1. The summed E-state index contributed by atoms with van der Waals surface area (Å²) in [5.41, 5.74) is -0.649.